The minimum absolute atomic E-state index is 0. The van der Waals surface area contributed by atoms with Gasteiger partial charge in [-0.1, -0.05) is 0 Å². The third kappa shape index (κ3) is 57.1. The Kier molecular flexibility index (Phi) is 32.2. The van der Waals surface area contributed by atoms with Crippen molar-refractivity contribution in [1.82, 2.24) is 0 Å². The average Bonchev–Trinajstić information content (AvgIpc) is 2.42. The van der Waals surface area contributed by atoms with Gasteiger partial charge in [-0.2, -0.15) is 0 Å². The first-order valence-corrected chi connectivity index (χ1v) is 5.18. The summed E-state index contributed by atoms with van der Waals surface area (Å²) in [6.45, 7) is 0. The van der Waals surface area contributed by atoms with Gasteiger partial charge in [0, 0.05) is 0 Å². The summed E-state index contributed by atoms with van der Waals surface area (Å²) in [4.78, 5) is 56.5. The Morgan fingerprint density at radius 1 is 0.346 bits per heavy atom. The van der Waals surface area contributed by atoms with Crippen molar-refractivity contribution in [1.29, 1.82) is 0 Å². The van der Waals surface area contributed by atoms with Gasteiger partial charge in [-0.05, 0) is 36.5 Å². The Hall–Kier alpha value is -1.49. The third-order valence-electron chi connectivity index (χ3n) is 1.07. The first kappa shape index (κ1) is 35.6. The van der Waals surface area contributed by atoms with Crippen molar-refractivity contribution < 1.29 is 133 Å². The van der Waals surface area contributed by atoms with Crippen LogP contribution in [0.5, 0.6) is 0 Å². The van der Waals surface area contributed by atoms with Gasteiger partial charge in [-0.25, -0.2) is 0 Å². The Labute approximate surface area is 203 Å². The van der Waals surface area contributed by atoms with Gasteiger partial charge >= 0.3 is 73.7 Å². The molecule has 0 aliphatic heterocycles. The topological polar surface area (TPSA) is 241 Å². The predicted octanol–water partition coefficient (Wildman–Crippen LogP) is -8.87. The molecule has 156 valence electrons. The van der Waals surface area contributed by atoms with Crippen molar-refractivity contribution in [3.8, 4) is 0 Å². The van der Waals surface area contributed by atoms with Crippen molar-refractivity contribution in [2.45, 2.75) is 0 Å². The van der Waals surface area contributed by atoms with Gasteiger partial charge in [-0.15, -0.1) is 0 Å². The number of carboxylic acids is 6. The zero-order valence-corrected chi connectivity index (χ0v) is 15.2. The van der Waals surface area contributed by atoms with Crippen LogP contribution in [0.3, 0.4) is 0 Å². The zero-order chi connectivity index (χ0) is 19.7. The molecule has 0 aliphatic rings. The number of aliphatic carboxylic acids is 6. The molecule has 0 spiro atoms. The molecule has 0 aromatic rings. The van der Waals surface area contributed by atoms with E-state index in [1.54, 1.807) is 0 Å². The maximum atomic E-state index is 9.41. The second-order valence-electron chi connectivity index (χ2n) is 2.91. The van der Waals surface area contributed by atoms with Crippen LogP contribution in [0.2, 0.25) is 0 Å². The van der Waals surface area contributed by atoms with Crippen LogP contribution in [-0.2, 0) is 28.8 Å². The molecule has 0 unspecified atom stereocenters. The maximum Gasteiger partial charge on any atom is 3.00 e. The van der Waals surface area contributed by atoms with E-state index in [1.807, 2.05) is 0 Å². The van der Waals surface area contributed by atoms with E-state index in [2.05, 4.69) is 0 Å². The summed E-state index contributed by atoms with van der Waals surface area (Å²) >= 11 is 0. The summed E-state index contributed by atoms with van der Waals surface area (Å²) in [6, 6.07) is 0. The molecule has 0 radical (unpaired) electrons. The zero-order valence-electron chi connectivity index (χ0n) is 11.9. The molecule has 0 saturated carbocycles. The quantitative estimate of drug-likeness (QED) is 0.236. The fraction of sp³-hybridized carbons (Fsp3) is 0. The molecule has 0 heterocycles. The summed E-state index contributed by atoms with van der Waals surface area (Å²) in [6.07, 6.45) is 2.31. The number of rotatable bonds is 6. The second-order valence-corrected chi connectivity index (χ2v) is 2.91. The molecule has 0 aliphatic carbocycles. The Balaban J connectivity index is -0.0000000817. The molecular weight excluding hydrogens is 686 g/mol. The first-order valence-electron chi connectivity index (χ1n) is 5.18. The van der Waals surface area contributed by atoms with Crippen LogP contribution >= 0.6 is 0 Å². The van der Waals surface area contributed by atoms with Crippen LogP contribution in [0.15, 0.2) is 36.5 Å². The number of hydrogen-bond acceptors (Lipinski definition) is 12. The summed E-state index contributed by atoms with van der Waals surface area (Å²) < 4.78 is 0. The van der Waals surface area contributed by atoms with Crippen molar-refractivity contribution >= 4 is 35.8 Å². The van der Waals surface area contributed by atoms with E-state index in [4.69, 9.17) is 0 Å². The minimum Gasteiger partial charge on any atom is -0.545 e. The van der Waals surface area contributed by atoms with Gasteiger partial charge < -0.3 is 59.4 Å². The van der Waals surface area contributed by atoms with E-state index in [9.17, 15) is 59.4 Å². The normalized spacial score (nSPS) is 8.77. The van der Waals surface area contributed by atoms with Crippen LogP contribution in [0, 0.1) is 73.7 Å². The summed E-state index contributed by atoms with van der Waals surface area (Å²) in [5.74, 6) is -9.28. The Morgan fingerprint density at radius 3 is 0.462 bits per heavy atom. The number of hydrogen-bond donors (Lipinski definition) is 0. The monoisotopic (exact) mass is 692 g/mol. The second kappa shape index (κ2) is 23.5. The van der Waals surface area contributed by atoms with E-state index >= 15 is 0 Å². The van der Waals surface area contributed by atoms with Crippen LogP contribution in [0.4, 0.5) is 0 Å². The number of carboxylic acid groups (broad SMARTS) is 6. The third-order valence-corrected chi connectivity index (χ3v) is 1.07. The summed E-state index contributed by atoms with van der Waals surface area (Å²) in [7, 11) is 0. The van der Waals surface area contributed by atoms with Gasteiger partial charge in [0.2, 0.25) is 0 Å². The van der Waals surface area contributed by atoms with Crippen molar-refractivity contribution in [3.05, 3.63) is 36.5 Å². The molecule has 0 N–H and O–H groups in total. The molecule has 0 bridgehead atoms. The first-order chi connectivity index (χ1) is 10.9. The largest absolute Gasteiger partial charge is 3.00 e. The summed E-state index contributed by atoms with van der Waals surface area (Å²) in [5, 5.41) is 56.5. The summed E-state index contributed by atoms with van der Waals surface area (Å²) in [5.41, 5.74) is 0. The van der Waals surface area contributed by atoms with Gasteiger partial charge in [0.05, 0.1) is 35.8 Å². The van der Waals surface area contributed by atoms with Crippen LogP contribution in [0.25, 0.3) is 0 Å². The Morgan fingerprint density at radius 2 is 0.423 bits per heavy atom. The van der Waals surface area contributed by atoms with E-state index in [0.29, 0.717) is 36.5 Å². The van der Waals surface area contributed by atoms with E-state index in [-0.39, 0.29) is 73.7 Å². The molecule has 0 rings (SSSR count). The number of carbonyl (C=O) groups excluding carboxylic acids is 6. The van der Waals surface area contributed by atoms with Crippen molar-refractivity contribution in [2.75, 3.05) is 0 Å². The van der Waals surface area contributed by atoms with Gasteiger partial charge in [-0.3, -0.25) is 0 Å². The maximum absolute atomic E-state index is 9.41. The van der Waals surface area contributed by atoms with Crippen molar-refractivity contribution in [3.63, 3.8) is 0 Å². The fourth-order valence-corrected chi connectivity index (χ4v) is 0.408. The predicted molar refractivity (Wildman–Crippen MR) is 57.5 cm³/mol. The van der Waals surface area contributed by atoms with Gasteiger partial charge in [0.15, 0.2) is 0 Å². The van der Waals surface area contributed by atoms with Crippen LogP contribution < -0.4 is 30.6 Å². The van der Waals surface area contributed by atoms with E-state index < -0.39 is 35.8 Å². The average molecular weight is 692 g/mol. The van der Waals surface area contributed by atoms with Crippen LogP contribution in [0.1, 0.15) is 0 Å². The molecular formula is C12H6Lu2O12. The van der Waals surface area contributed by atoms with Crippen molar-refractivity contribution in [2.24, 2.45) is 0 Å². The van der Waals surface area contributed by atoms with Crippen LogP contribution in [-0.4, -0.2) is 35.8 Å². The molecule has 26 heavy (non-hydrogen) atoms. The molecule has 12 nitrogen and oxygen atoms in total. The molecule has 0 atom stereocenters. The molecule has 0 aromatic carbocycles. The van der Waals surface area contributed by atoms with E-state index in [0.717, 1.165) is 0 Å². The van der Waals surface area contributed by atoms with E-state index in [1.165, 1.54) is 0 Å². The molecule has 0 fully saturated rings. The molecule has 0 amide bonds. The standard InChI is InChI=1S/3C4H4O4.2Lu/c3*5-3(6)1-2-4(7)8;;/h3*1-2H,(H,5,6)(H,7,8);;/q;;;2*+3/p-6/b3*2-1+;;. The molecule has 0 saturated heterocycles. The smallest absolute Gasteiger partial charge is 0.545 e. The Bertz CT molecular complexity index is 448. The molecule has 0 aromatic heterocycles. The fourth-order valence-electron chi connectivity index (χ4n) is 0.408. The van der Waals surface area contributed by atoms with Gasteiger partial charge in [0.25, 0.3) is 0 Å². The number of carbonyl (C=O) groups is 6. The molecule has 14 heteroatoms. The van der Waals surface area contributed by atoms with Gasteiger partial charge in [0.1, 0.15) is 0 Å². The SMILES string of the molecule is O=C([O-])/C=C/C(=O)[O-].O=C([O-])/C=C/C(=O)[O-].O=C([O-])/C=C/C(=O)[O-].[Lu+3].[Lu+3]. The minimum atomic E-state index is -1.55.